The predicted octanol–water partition coefficient (Wildman–Crippen LogP) is 2.80. The molecule has 0 aliphatic carbocycles. The molecule has 1 aromatic heterocycles. The Kier molecular flexibility index (Phi) is 2.05. The number of nitro groups is 1. The fourth-order valence-corrected chi connectivity index (χ4v) is 1.50. The van der Waals surface area contributed by atoms with Gasteiger partial charge in [-0.1, -0.05) is 29.8 Å². The number of benzene rings is 1. The van der Waals surface area contributed by atoms with Crippen LogP contribution in [0.25, 0.3) is 10.8 Å². The van der Waals surface area contributed by atoms with Gasteiger partial charge in [0.1, 0.15) is 0 Å². The second kappa shape index (κ2) is 3.23. The molecule has 0 aliphatic rings. The van der Waals surface area contributed by atoms with E-state index in [1.807, 2.05) is 0 Å². The maximum Gasteiger partial charge on any atom is 0.371 e. The molecule has 0 saturated heterocycles. The summed E-state index contributed by atoms with van der Waals surface area (Å²) in [6.07, 6.45) is 1.29. The fraction of sp³-hybridized carbons (Fsp3) is 0. The molecule has 2 aromatic rings. The van der Waals surface area contributed by atoms with Crippen molar-refractivity contribution in [3.05, 3.63) is 45.6 Å². The molecular weight excluding hydrogens is 204 g/mol. The van der Waals surface area contributed by atoms with Crippen LogP contribution >= 0.6 is 11.6 Å². The maximum absolute atomic E-state index is 10.6. The Balaban J connectivity index is 2.88. The summed E-state index contributed by atoms with van der Waals surface area (Å²) in [5.41, 5.74) is 0. The van der Waals surface area contributed by atoms with E-state index in [-0.39, 0.29) is 5.82 Å². The minimum atomic E-state index is -0.515. The molecule has 0 fully saturated rings. The number of hydrogen-bond donors (Lipinski definition) is 0. The summed E-state index contributed by atoms with van der Waals surface area (Å²) in [6.45, 7) is 0. The Morgan fingerprint density at radius 3 is 2.57 bits per heavy atom. The number of hydrogen-bond acceptors (Lipinski definition) is 3. The van der Waals surface area contributed by atoms with Gasteiger partial charge in [0.25, 0.3) is 0 Å². The molecule has 0 spiro atoms. The molecule has 2 rings (SSSR count). The SMILES string of the molecule is O=[N+]([O-])c1ncc(Cl)c2ccccc12. The van der Waals surface area contributed by atoms with E-state index in [1.54, 1.807) is 24.3 Å². The number of pyridine rings is 1. The number of nitrogens with zero attached hydrogens (tertiary/aromatic N) is 2. The van der Waals surface area contributed by atoms with Crippen LogP contribution in [0.5, 0.6) is 0 Å². The van der Waals surface area contributed by atoms with Crippen LogP contribution in [-0.2, 0) is 0 Å². The van der Waals surface area contributed by atoms with E-state index in [2.05, 4.69) is 4.98 Å². The largest absolute Gasteiger partial charge is 0.371 e. The first kappa shape index (κ1) is 8.90. The quantitative estimate of drug-likeness (QED) is 0.535. The van der Waals surface area contributed by atoms with E-state index < -0.39 is 4.92 Å². The molecule has 0 amide bonds. The lowest BCUT2D eigenvalue weighted by molar-refractivity contribution is -0.387. The van der Waals surface area contributed by atoms with Crippen LogP contribution < -0.4 is 0 Å². The highest BCUT2D eigenvalue weighted by Crippen LogP contribution is 2.28. The first-order valence-electron chi connectivity index (χ1n) is 3.88. The van der Waals surface area contributed by atoms with Gasteiger partial charge >= 0.3 is 5.82 Å². The zero-order valence-corrected chi connectivity index (χ0v) is 7.73. The highest BCUT2D eigenvalue weighted by molar-refractivity contribution is 6.35. The van der Waals surface area contributed by atoms with Gasteiger partial charge in [-0.15, -0.1) is 0 Å². The van der Waals surface area contributed by atoms with E-state index in [0.717, 1.165) is 0 Å². The van der Waals surface area contributed by atoms with Gasteiger partial charge in [0.2, 0.25) is 0 Å². The van der Waals surface area contributed by atoms with Crippen molar-refractivity contribution >= 4 is 28.2 Å². The summed E-state index contributed by atoms with van der Waals surface area (Å²) in [6, 6.07) is 6.85. The topological polar surface area (TPSA) is 56.0 Å². The fourth-order valence-electron chi connectivity index (χ4n) is 1.29. The average molecular weight is 209 g/mol. The van der Waals surface area contributed by atoms with E-state index in [1.165, 1.54) is 6.20 Å². The van der Waals surface area contributed by atoms with Crippen LogP contribution in [0.15, 0.2) is 30.5 Å². The van der Waals surface area contributed by atoms with E-state index in [0.29, 0.717) is 15.8 Å². The van der Waals surface area contributed by atoms with Gasteiger partial charge in [-0.2, -0.15) is 0 Å². The summed E-state index contributed by atoms with van der Waals surface area (Å²) in [4.78, 5) is 13.8. The molecule has 0 radical (unpaired) electrons. The van der Waals surface area contributed by atoms with Gasteiger partial charge in [-0.25, -0.2) is 0 Å². The van der Waals surface area contributed by atoms with Gasteiger partial charge < -0.3 is 10.1 Å². The Hall–Kier alpha value is -1.68. The van der Waals surface area contributed by atoms with E-state index in [9.17, 15) is 10.1 Å². The lowest BCUT2D eigenvalue weighted by Crippen LogP contribution is -1.93. The van der Waals surface area contributed by atoms with E-state index >= 15 is 0 Å². The van der Waals surface area contributed by atoms with Crippen molar-refractivity contribution < 1.29 is 4.92 Å². The lowest BCUT2D eigenvalue weighted by Gasteiger charge is -1.99. The van der Waals surface area contributed by atoms with Crippen molar-refractivity contribution in [2.45, 2.75) is 0 Å². The van der Waals surface area contributed by atoms with Crippen LogP contribution in [0.4, 0.5) is 5.82 Å². The van der Waals surface area contributed by atoms with Crippen molar-refractivity contribution in [1.82, 2.24) is 4.98 Å². The van der Waals surface area contributed by atoms with Crippen LogP contribution in [0, 0.1) is 10.1 Å². The van der Waals surface area contributed by atoms with Gasteiger partial charge in [0.15, 0.2) is 6.20 Å². The normalized spacial score (nSPS) is 10.4. The second-order valence-corrected chi connectivity index (χ2v) is 3.14. The predicted molar refractivity (Wildman–Crippen MR) is 53.4 cm³/mol. The summed E-state index contributed by atoms with van der Waals surface area (Å²) >= 11 is 5.85. The van der Waals surface area contributed by atoms with Crippen molar-refractivity contribution in [2.75, 3.05) is 0 Å². The van der Waals surface area contributed by atoms with Gasteiger partial charge in [-0.3, -0.25) is 0 Å². The molecule has 1 heterocycles. The third-order valence-electron chi connectivity index (χ3n) is 1.90. The molecule has 0 saturated carbocycles. The smallest absolute Gasteiger partial charge is 0.358 e. The Labute approximate surface area is 84.3 Å². The second-order valence-electron chi connectivity index (χ2n) is 2.73. The summed E-state index contributed by atoms with van der Waals surface area (Å²) in [5.74, 6) is -0.162. The standard InChI is InChI=1S/C9H5ClN2O2/c10-8-5-11-9(12(13)14)7-4-2-1-3-6(7)8/h1-5H. The highest BCUT2D eigenvalue weighted by Gasteiger charge is 2.14. The Bertz CT molecular complexity index is 513. The molecule has 0 unspecified atom stereocenters. The number of fused-ring (bicyclic) bond motifs is 1. The number of halogens is 1. The third-order valence-corrected chi connectivity index (χ3v) is 2.20. The third kappa shape index (κ3) is 1.29. The van der Waals surface area contributed by atoms with Gasteiger partial charge in [0, 0.05) is 5.39 Å². The van der Waals surface area contributed by atoms with E-state index in [4.69, 9.17) is 11.6 Å². The zero-order chi connectivity index (χ0) is 10.1. The molecule has 0 aliphatic heterocycles. The summed E-state index contributed by atoms with van der Waals surface area (Å²) < 4.78 is 0. The molecule has 4 nitrogen and oxygen atoms in total. The van der Waals surface area contributed by atoms with Crippen molar-refractivity contribution in [3.8, 4) is 0 Å². The zero-order valence-electron chi connectivity index (χ0n) is 6.98. The minimum Gasteiger partial charge on any atom is -0.358 e. The summed E-state index contributed by atoms with van der Waals surface area (Å²) in [5, 5.41) is 12.2. The highest BCUT2D eigenvalue weighted by atomic mass is 35.5. The first-order valence-corrected chi connectivity index (χ1v) is 4.25. The van der Waals surface area contributed by atoms with Crippen molar-refractivity contribution in [1.29, 1.82) is 0 Å². The molecule has 70 valence electrons. The maximum atomic E-state index is 10.6. The monoisotopic (exact) mass is 208 g/mol. The average Bonchev–Trinajstić information content (AvgIpc) is 2.18. The van der Waals surface area contributed by atoms with Gasteiger partial charge in [-0.05, 0) is 16.0 Å². The first-order chi connectivity index (χ1) is 6.70. The molecule has 0 bridgehead atoms. The minimum absolute atomic E-state index is 0.162. The molecule has 0 atom stereocenters. The number of aromatic nitrogens is 1. The molecule has 0 N–H and O–H groups in total. The van der Waals surface area contributed by atoms with Crippen LogP contribution in [0.3, 0.4) is 0 Å². The van der Waals surface area contributed by atoms with Crippen LogP contribution in [0.2, 0.25) is 5.02 Å². The Morgan fingerprint density at radius 2 is 1.93 bits per heavy atom. The van der Waals surface area contributed by atoms with Gasteiger partial charge in [0.05, 0.1) is 10.4 Å². The molecule has 1 aromatic carbocycles. The Morgan fingerprint density at radius 1 is 1.29 bits per heavy atom. The molecular formula is C9H5ClN2O2. The molecule has 5 heteroatoms. The van der Waals surface area contributed by atoms with Crippen molar-refractivity contribution in [2.24, 2.45) is 0 Å². The summed E-state index contributed by atoms with van der Waals surface area (Å²) in [7, 11) is 0. The molecule has 14 heavy (non-hydrogen) atoms. The lowest BCUT2D eigenvalue weighted by atomic mass is 10.1. The van der Waals surface area contributed by atoms with Crippen LogP contribution in [0.1, 0.15) is 0 Å². The van der Waals surface area contributed by atoms with Crippen LogP contribution in [-0.4, -0.2) is 9.91 Å². The van der Waals surface area contributed by atoms with Crippen molar-refractivity contribution in [3.63, 3.8) is 0 Å². The number of rotatable bonds is 1.